The van der Waals surface area contributed by atoms with Crippen molar-refractivity contribution < 1.29 is 14.0 Å². The van der Waals surface area contributed by atoms with Gasteiger partial charge in [0.15, 0.2) is 5.13 Å². The molecule has 0 unspecified atom stereocenters. The molecule has 2 amide bonds. The first-order valence-electron chi connectivity index (χ1n) is 11.1. The van der Waals surface area contributed by atoms with Crippen LogP contribution in [-0.4, -0.2) is 22.6 Å². The molecule has 0 aliphatic rings. The van der Waals surface area contributed by atoms with Crippen LogP contribution >= 0.6 is 23.1 Å². The number of nitrogens with zero attached hydrogens (tertiary/aromatic N) is 1. The monoisotopic (exact) mass is 513 g/mol. The first kappa shape index (κ1) is 23.7. The topological polar surface area (TPSA) is 71.1 Å². The zero-order chi connectivity index (χ0) is 24.9. The summed E-state index contributed by atoms with van der Waals surface area (Å²) in [4.78, 5) is 30.1. The van der Waals surface area contributed by atoms with Crippen LogP contribution in [0.1, 0.15) is 10.4 Å². The Morgan fingerprint density at radius 3 is 2.42 bits per heavy atom. The molecular formula is C28H20FN3O2S2. The van der Waals surface area contributed by atoms with Gasteiger partial charge in [-0.25, -0.2) is 9.37 Å². The minimum absolute atomic E-state index is 0.0152. The van der Waals surface area contributed by atoms with Crippen LogP contribution in [0.15, 0.2) is 101 Å². The number of thiazole rings is 1. The van der Waals surface area contributed by atoms with Gasteiger partial charge in [-0.3, -0.25) is 9.59 Å². The SMILES string of the molecule is O=C(CSc1ccc(NC(=O)c2ccccc2F)cc1)Nc1nc(-c2ccc3ccccc3c2)cs1. The lowest BCUT2D eigenvalue weighted by Crippen LogP contribution is -2.14. The van der Waals surface area contributed by atoms with Gasteiger partial charge in [-0.15, -0.1) is 23.1 Å². The summed E-state index contributed by atoms with van der Waals surface area (Å²) in [5.74, 6) is -1.03. The minimum Gasteiger partial charge on any atom is -0.322 e. The van der Waals surface area contributed by atoms with Crippen molar-refractivity contribution in [1.29, 1.82) is 0 Å². The lowest BCUT2D eigenvalue weighted by molar-refractivity contribution is -0.113. The van der Waals surface area contributed by atoms with Gasteiger partial charge in [0.1, 0.15) is 5.82 Å². The van der Waals surface area contributed by atoms with Crippen molar-refractivity contribution >= 4 is 56.5 Å². The number of halogens is 1. The van der Waals surface area contributed by atoms with E-state index < -0.39 is 11.7 Å². The van der Waals surface area contributed by atoms with Gasteiger partial charge in [0, 0.05) is 21.5 Å². The number of fused-ring (bicyclic) bond motifs is 1. The number of carbonyl (C=O) groups excluding carboxylic acids is 2. The number of anilines is 2. The summed E-state index contributed by atoms with van der Waals surface area (Å²) in [5, 5.41) is 10.3. The van der Waals surface area contributed by atoms with Gasteiger partial charge in [0.2, 0.25) is 5.91 Å². The zero-order valence-corrected chi connectivity index (χ0v) is 20.5. The third-order valence-electron chi connectivity index (χ3n) is 5.40. The molecule has 1 aromatic heterocycles. The molecule has 8 heteroatoms. The molecule has 0 spiro atoms. The maximum Gasteiger partial charge on any atom is 0.258 e. The number of thioether (sulfide) groups is 1. The van der Waals surface area contributed by atoms with Crippen molar-refractivity contribution in [3.8, 4) is 11.3 Å². The molecule has 5 rings (SSSR count). The first-order chi connectivity index (χ1) is 17.5. The third kappa shape index (κ3) is 5.62. The zero-order valence-electron chi connectivity index (χ0n) is 18.9. The van der Waals surface area contributed by atoms with Crippen molar-refractivity contribution in [2.24, 2.45) is 0 Å². The Hall–Kier alpha value is -4.01. The molecule has 1 heterocycles. The van der Waals surface area contributed by atoms with E-state index >= 15 is 0 Å². The summed E-state index contributed by atoms with van der Waals surface area (Å²) in [6.45, 7) is 0. The highest BCUT2D eigenvalue weighted by Crippen LogP contribution is 2.28. The predicted molar refractivity (Wildman–Crippen MR) is 145 cm³/mol. The van der Waals surface area contributed by atoms with Gasteiger partial charge >= 0.3 is 0 Å². The Bertz CT molecular complexity index is 1550. The number of hydrogen-bond donors (Lipinski definition) is 2. The Morgan fingerprint density at radius 2 is 1.61 bits per heavy atom. The number of aromatic nitrogens is 1. The molecule has 36 heavy (non-hydrogen) atoms. The van der Waals surface area contributed by atoms with Crippen molar-refractivity contribution in [1.82, 2.24) is 4.98 Å². The van der Waals surface area contributed by atoms with E-state index in [1.807, 2.05) is 23.6 Å². The minimum atomic E-state index is -0.571. The smallest absolute Gasteiger partial charge is 0.258 e. The average Bonchev–Trinajstić information content (AvgIpc) is 3.36. The fourth-order valence-corrected chi connectivity index (χ4v) is 5.03. The van der Waals surface area contributed by atoms with Gasteiger partial charge in [-0.1, -0.05) is 48.5 Å². The fourth-order valence-electron chi connectivity index (χ4n) is 3.59. The van der Waals surface area contributed by atoms with Crippen LogP contribution in [0.2, 0.25) is 0 Å². The van der Waals surface area contributed by atoms with Crippen LogP contribution in [0.3, 0.4) is 0 Å². The largest absolute Gasteiger partial charge is 0.322 e. The van der Waals surface area contributed by atoms with Gasteiger partial charge in [-0.2, -0.15) is 0 Å². The Morgan fingerprint density at radius 1 is 0.861 bits per heavy atom. The second kappa shape index (κ2) is 10.7. The van der Waals surface area contributed by atoms with E-state index in [9.17, 15) is 14.0 Å². The molecule has 5 aromatic rings. The lowest BCUT2D eigenvalue weighted by Gasteiger charge is -2.07. The Balaban J connectivity index is 1.14. The van der Waals surface area contributed by atoms with E-state index in [4.69, 9.17) is 0 Å². The summed E-state index contributed by atoms with van der Waals surface area (Å²) in [5.41, 5.74) is 2.35. The highest BCUT2D eigenvalue weighted by Gasteiger charge is 2.12. The summed E-state index contributed by atoms with van der Waals surface area (Å²) in [6, 6.07) is 27.2. The normalized spacial score (nSPS) is 10.8. The molecule has 0 aliphatic carbocycles. The molecule has 0 fully saturated rings. The molecule has 0 aliphatic heterocycles. The van der Waals surface area contributed by atoms with Crippen LogP contribution in [-0.2, 0) is 4.79 Å². The number of carbonyl (C=O) groups is 2. The molecule has 5 nitrogen and oxygen atoms in total. The molecule has 0 atom stereocenters. The number of benzene rings is 4. The Labute approximate surface area is 215 Å². The predicted octanol–water partition coefficient (Wildman–Crippen LogP) is 7.09. The van der Waals surface area contributed by atoms with Crippen molar-refractivity contribution in [3.63, 3.8) is 0 Å². The van der Waals surface area contributed by atoms with E-state index in [-0.39, 0.29) is 17.2 Å². The van der Waals surface area contributed by atoms with Crippen LogP contribution in [0.4, 0.5) is 15.2 Å². The first-order valence-corrected chi connectivity index (χ1v) is 12.9. The molecule has 2 N–H and O–H groups in total. The molecule has 0 saturated heterocycles. The maximum absolute atomic E-state index is 13.8. The maximum atomic E-state index is 13.8. The van der Waals surface area contributed by atoms with Crippen LogP contribution in [0, 0.1) is 5.82 Å². The number of hydrogen-bond acceptors (Lipinski definition) is 5. The number of amides is 2. The summed E-state index contributed by atoms with van der Waals surface area (Å²) in [7, 11) is 0. The number of nitrogens with one attached hydrogen (secondary N) is 2. The summed E-state index contributed by atoms with van der Waals surface area (Å²) < 4.78 is 13.8. The van der Waals surface area contributed by atoms with Gasteiger partial charge in [0.05, 0.1) is 17.0 Å². The van der Waals surface area contributed by atoms with Crippen LogP contribution < -0.4 is 10.6 Å². The Kier molecular flexibility index (Phi) is 7.06. The van der Waals surface area contributed by atoms with Crippen LogP contribution in [0.5, 0.6) is 0 Å². The standard InChI is InChI=1S/C28H20FN3O2S2/c29-24-8-4-3-7-23(24)27(34)30-21-11-13-22(14-12-21)35-17-26(33)32-28-31-25(16-36-28)20-10-9-18-5-1-2-6-19(18)15-20/h1-16H,17H2,(H,30,34)(H,31,32,33). The molecule has 0 bridgehead atoms. The fraction of sp³-hybridized carbons (Fsp3) is 0.0357. The molecule has 178 valence electrons. The van der Waals surface area contributed by atoms with Crippen LogP contribution in [0.25, 0.3) is 22.0 Å². The van der Waals surface area contributed by atoms with E-state index in [1.54, 1.807) is 30.3 Å². The van der Waals surface area contributed by atoms with Gasteiger partial charge < -0.3 is 10.6 Å². The highest BCUT2D eigenvalue weighted by atomic mass is 32.2. The van der Waals surface area contributed by atoms with Crippen molar-refractivity contribution in [2.45, 2.75) is 4.90 Å². The van der Waals surface area contributed by atoms with Gasteiger partial charge in [-0.05, 0) is 53.2 Å². The van der Waals surface area contributed by atoms with Crippen molar-refractivity contribution in [2.75, 3.05) is 16.4 Å². The highest BCUT2D eigenvalue weighted by molar-refractivity contribution is 8.00. The second-order valence-corrected chi connectivity index (χ2v) is 9.80. The second-order valence-electron chi connectivity index (χ2n) is 7.90. The summed E-state index contributed by atoms with van der Waals surface area (Å²) in [6.07, 6.45) is 0. The lowest BCUT2D eigenvalue weighted by atomic mass is 10.1. The van der Waals surface area contributed by atoms with E-state index in [0.717, 1.165) is 21.5 Å². The van der Waals surface area contributed by atoms with Gasteiger partial charge in [0.25, 0.3) is 5.91 Å². The molecule has 0 saturated carbocycles. The van der Waals surface area contributed by atoms with E-state index in [0.29, 0.717) is 10.8 Å². The molecule has 4 aromatic carbocycles. The number of rotatable bonds is 7. The average molecular weight is 514 g/mol. The molecule has 0 radical (unpaired) electrons. The van der Waals surface area contributed by atoms with E-state index in [1.165, 1.54) is 46.7 Å². The van der Waals surface area contributed by atoms with E-state index in [2.05, 4.69) is 39.9 Å². The van der Waals surface area contributed by atoms with Crippen molar-refractivity contribution in [3.05, 3.63) is 108 Å². The third-order valence-corrected chi connectivity index (χ3v) is 7.17. The quantitative estimate of drug-likeness (QED) is 0.228. The molecular weight excluding hydrogens is 493 g/mol. The summed E-state index contributed by atoms with van der Waals surface area (Å²) >= 11 is 2.76.